The summed E-state index contributed by atoms with van der Waals surface area (Å²) in [5, 5.41) is 3.12. The number of hydrogen-bond donors (Lipinski definition) is 2. The van der Waals surface area contributed by atoms with Gasteiger partial charge in [0.05, 0.1) is 6.33 Å². The molecule has 0 atom stereocenters. The summed E-state index contributed by atoms with van der Waals surface area (Å²) < 4.78 is 0.570. The standard InChI is InChI=1S/C9H13ClIN3O/c1-9(2,3-10)4-12-7-6(11)8(15)14-5-13-7/h5H,3-4H2,1-2H3,(H2,12,13,14,15). The molecule has 0 saturated carbocycles. The Labute approximate surface area is 107 Å². The fourth-order valence-electron chi connectivity index (χ4n) is 0.877. The van der Waals surface area contributed by atoms with Gasteiger partial charge in [0.25, 0.3) is 5.56 Å². The summed E-state index contributed by atoms with van der Waals surface area (Å²) in [5.41, 5.74) is -0.147. The molecule has 0 bridgehead atoms. The highest BCUT2D eigenvalue weighted by molar-refractivity contribution is 14.1. The van der Waals surface area contributed by atoms with Gasteiger partial charge in [-0.1, -0.05) is 13.8 Å². The molecule has 15 heavy (non-hydrogen) atoms. The molecule has 0 fully saturated rings. The Morgan fingerprint density at radius 3 is 2.93 bits per heavy atom. The van der Waals surface area contributed by atoms with Crippen LogP contribution in [-0.4, -0.2) is 22.4 Å². The first-order chi connectivity index (χ1) is 6.96. The van der Waals surface area contributed by atoms with Gasteiger partial charge >= 0.3 is 0 Å². The first-order valence-electron chi connectivity index (χ1n) is 4.49. The maximum Gasteiger partial charge on any atom is 0.266 e. The minimum absolute atomic E-state index is 0.0189. The van der Waals surface area contributed by atoms with Crippen LogP contribution >= 0.6 is 34.2 Å². The fraction of sp³-hybridized carbons (Fsp3) is 0.556. The first kappa shape index (κ1) is 12.8. The third-order valence-electron chi connectivity index (χ3n) is 1.89. The molecule has 0 aliphatic heterocycles. The largest absolute Gasteiger partial charge is 0.368 e. The maximum absolute atomic E-state index is 11.3. The van der Waals surface area contributed by atoms with Gasteiger partial charge in [0.1, 0.15) is 9.39 Å². The average Bonchev–Trinajstić information content (AvgIpc) is 2.20. The monoisotopic (exact) mass is 341 g/mol. The highest BCUT2D eigenvalue weighted by Gasteiger charge is 2.17. The predicted octanol–water partition coefficient (Wildman–Crippen LogP) is 2.05. The van der Waals surface area contributed by atoms with Crippen LogP contribution in [0.2, 0.25) is 0 Å². The maximum atomic E-state index is 11.3. The Morgan fingerprint density at radius 2 is 2.33 bits per heavy atom. The summed E-state index contributed by atoms with van der Waals surface area (Å²) in [7, 11) is 0. The molecule has 0 aliphatic rings. The molecule has 0 aromatic carbocycles. The summed E-state index contributed by atoms with van der Waals surface area (Å²) in [5.74, 6) is 1.16. The van der Waals surface area contributed by atoms with Crippen molar-refractivity contribution in [2.24, 2.45) is 5.41 Å². The molecular formula is C9H13ClIN3O. The summed E-state index contributed by atoms with van der Waals surface area (Å²) in [6, 6.07) is 0. The molecule has 1 rings (SSSR count). The first-order valence-corrected chi connectivity index (χ1v) is 6.10. The van der Waals surface area contributed by atoms with Crippen molar-refractivity contribution in [3.63, 3.8) is 0 Å². The van der Waals surface area contributed by atoms with Crippen molar-refractivity contribution in [1.82, 2.24) is 9.97 Å². The Morgan fingerprint density at radius 1 is 1.67 bits per heavy atom. The van der Waals surface area contributed by atoms with E-state index in [0.717, 1.165) is 0 Å². The van der Waals surface area contributed by atoms with Crippen LogP contribution in [0.5, 0.6) is 0 Å². The number of aromatic nitrogens is 2. The molecule has 6 heteroatoms. The third kappa shape index (κ3) is 3.64. The van der Waals surface area contributed by atoms with E-state index >= 15 is 0 Å². The van der Waals surface area contributed by atoms with Crippen LogP contribution in [0.4, 0.5) is 5.82 Å². The Bertz CT molecular complexity index is 391. The topological polar surface area (TPSA) is 57.8 Å². The molecule has 0 spiro atoms. The number of halogens is 2. The second-order valence-corrected chi connectivity index (χ2v) is 5.39. The number of H-pyrrole nitrogens is 1. The zero-order valence-electron chi connectivity index (χ0n) is 8.60. The zero-order valence-corrected chi connectivity index (χ0v) is 11.5. The Kier molecular flexibility index (Phi) is 4.39. The number of anilines is 1. The van der Waals surface area contributed by atoms with Crippen LogP contribution in [-0.2, 0) is 0 Å². The Hall–Kier alpha value is -0.300. The molecule has 1 aromatic rings. The van der Waals surface area contributed by atoms with Crippen molar-refractivity contribution < 1.29 is 0 Å². The van der Waals surface area contributed by atoms with E-state index in [4.69, 9.17) is 11.6 Å². The predicted molar refractivity (Wildman–Crippen MR) is 70.6 cm³/mol. The van der Waals surface area contributed by atoms with E-state index < -0.39 is 0 Å². The summed E-state index contributed by atoms with van der Waals surface area (Å²) in [6.45, 7) is 4.78. The molecule has 0 aliphatic carbocycles. The van der Waals surface area contributed by atoms with Crippen molar-refractivity contribution >= 4 is 40.0 Å². The number of hydrogen-bond acceptors (Lipinski definition) is 3. The normalized spacial score (nSPS) is 11.5. The van der Waals surface area contributed by atoms with E-state index in [1.165, 1.54) is 6.33 Å². The number of nitrogens with one attached hydrogen (secondary N) is 2. The van der Waals surface area contributed by atoms with Gasteiger partial charge in [0.2, 0.25) is 0 Å². The second-order valence-electron chi connectivity index (χ2n) is 4.05. The van der Waals surface area contributed by atoms with Gasteiger partial charge in [0, 0.05) is 12.4 Å². The van der Waals surface area contributed by atoms with Crippen LogP contribution < -0.4 is 10.9 Å². The van der Waals surface area contributed by atoms with Crippen molar-refractivity contribution in [2.45, 2.75) is 13.8 Å². The van der Waals surface area contributed by atoms with Crippen LogP contribution in [0.3, 0.4) is 0 Å². The lowest BCUT2D eigenvalue weighted by Gasteiger charge is -2.22. The lowest BCUT2D eigenvalue weighted by molar-refractivity contribution is 0.449. The van der Waals surface area contributed by atoms with E-state index in [9.17, 15) is 4.79 Å². The van der Waals surface area contributed by atoms with E-state index in [2.05, 4.69) is 15.3 Å². The summed E-state index contributed by atoms with van der Waals surface area (Å²) in [4.78, 5) is 17.8. The molecule has 2 N–H and O–H groups in total. The SMILES string of the molecule is CC(C)(CCl)CNc1nc[nH]c(=O)c1I. The lowest BCUT2D eigenvalue weighted by atomic mass is 9.97. The van der Waals surface area contributed by atoms with Crippen LogP contribution in [0, 0.1) is 8.99 Å². The van der Waals surface area contributed by atoms with Crippen molar-refractivity contribution in [2.75, 3.05) is 17.7 Å². The highest BCUT2D eigenvalue weighted by atomic mass is 127. The van der Waals surface area contributed by atoms with E-state index in [1.807, 2.05) is 36.4 Å². The van der Waals surface area contributed by atoms with Crippen molar-refractivity contribution in [3.05, 3.63) is 20.3 Å². The van der Waals surface area contributed by atoms with Gasteiger partial charge < -0.3 is 10.3 Å². The summed E-state index contributed by atoms with van der Waals surface area (Å²) >= 11 is 7.77. The van der Waals surface area contributed by atoms with Gasteiger partial charge in [-0.05, 0) is 28.0 Å². The Balaban J connectivity index is 2.74. The smallest absolute Gasteiger partial charge is 0.266 e. The number of nitrogens with zero attached hydrogens (tertiary/aromatic N) is 1. The molecule has 0 saturated heterocycles. The highest BCUT2D eigenvalue weighted by Crippen LogP contribution is 2.18. The zero-order chi connectivity index (χ0) is 11.5. The van der Waals surface area contributed by atoms with Gasteiger partial charge in [-0.25, -0.2) is 4.98 Å². The van der Waals surface area contributed by atoms with E-state index in [0.29, 0.717) is 21.8 Å². The summed E-state index contributed by atoms with van der Waals surface area (Å²) in [6.07, 6.45) is 1.39. The molecule has 0 unspecified atom stereocenters. The van der Waals surface area contributed by atoms with Gasteiger partial charge in [-0.3, -0.25) is 4.79 Å². The number of rotatable bonds is 4. The van der Waals surface area contributed by atoms with Gasteiger partial charge in [-0.15, -0.1) is 11.6 Å². The molecule has 84 valence electrons. The molecule has 0 radical (unpaired) electrons. The number of alkyl halides is 1. The molecular weight excluding hydrogens is 328 g/mol. The minimum Gasteiger partial charge on any atom is -0.368 e. The van der Waals surface area contributed by atoms with Gasteiger partial charge in [0.15, 0.2) is 0 Å². The second kappa shape index (κ2) is 5.16. The molecule has 0 amide bonds. The van der Waals surface area contributed by atoms with Crippen molar-refractivity contribution in [3.8, 4) is 0 Å². The van der Waals surface area contributed by atoms with E-state index in [-0.39, 0.29) is 11.0 Å². The van der Waals surface area contributed by atoms with Crippen LogP contribution in [0.1, 0.15) is 13.8 Å². The van der Waals surface area contributed by atoms with Crippen LogP contribution in [0.15, 0.2) is 11.1 Å². The quantitative estimate of drug-likeness (QED) is 0.651. The third-order valence-corrected chi connectivity index (χ3v) is 3.62. The number of aromatic amines is 1. The molecule has 4 nitrogen and oxygen atoms in total. The van der Waals surface area contributed by atoms with Crippen molar-refractivity contribution in [1.29, 1.82) is 0 Å². The lowest BCUT2D eigenvalue weighted by Crippen LogP contribution is -2.26. The minimum atomic E-state index is -0.128. The average molecular weight is 342 g/mol. The molecule has 1 aromatic heterocycles. The fourth-order valence-corrected chi connectivity index (χ4v) is 1.46. The van der Waals surface area contributed by atoms with Crippen LogP contribution in [0.25, 0.3) is 0 Å². The van der Waals surface area contributed by atoms with Gasteiger partial charge in [-0.2, -0.15) is 0 Å². The van der Waals surface area contributed by atoms with E-state index in [1.54, 1.807) is 0 Å². The molecule has 1 heterocycles.